The van der Waals surface area contributed by atoms with Crippen molar-refractivity contribution < 1.29 is 9.59 Å². The molecule has 0 unspecified atom stereocenters. The average molecular weight is 296 g/mol. The first kappa shape index (κ1) is 14.6. The van der Waals surface area contributed by atoms with Crippen LogP contribution in [-0.2, 0) is 9.59 Å². The van der Waals surface area contributed by atoms with Crippen molar-refractivity contribution in [2.45, 2.75) is 25.7 Å². The van der Waals surface area contributed by atoms with Crippen molar-refractivity contribution in [3.63, 3.8) is 0 Å². The Hall–Kier alpha value is -2.36. The first-order valence-corrected chi connectivity index (χ1v) is 7.49. The highest BCUT2D eigenvalue weighted by Crippen LogP contribution is 2.37. The maximum Gasteiger partial charge on any atom is 0.168 e. The van der Waals surface area contributed by atoms with Gasteiger partial charge >= 0.3 is 0 Å². The van der Waals surface area contributed by atoms with Gasteiger partial charge in [-0.05, 0) is 18.6 Å². The van der Waals surface area contributed by atoms with E-state index < -0.39 is 0 Å². The van der Waals surface area contributed by atoms with E-state index in [4.69, 9.17) is 0 Å². The van der Waals surface area contributed by atoms with Crippen molar-refractivity contribution in [1.82, 2.24) is 9.88 Å². The molecule has 1 aromatic carbocycles. The normalized spacial score (nSPS) is 18.9. The van der Waals surface area contributed by atoms with E-state index in [0.717, 1.165) is 22.2 Å². The third kappa shape index (κ3) is 2.45. The third-order valence-electron chi connectivity index (χ3n) is 4.20. The summed E-state index contributed by atoms with van der Waals surface area (Å²) < 4.78 is 0. The largest absolute Gasteiger partial charge is 0.383 e. The van der Waals surface area contributed by atoms with Gasteiger partial charge in [0.15, 0.2) is 11.6 Å². The minimum absolute atomic E-state index is 0.0320. The standard InChI is InChI=1S/C18H20N2O2/c1-11-18(13-6-4-5-7-15(13)19-11)12-8-16(21)14(10-20(2)3)17(22)9-12/h4-7,10,12,19H,8-9H2,1-3H3. The molecule has 1 aliphatic rings. The van der Waals surface area contributed by atoms with Crippen LogP contribution in [0, 0.1) is 6.92 Å². The van der Waals surface area contributed by atoms with Gasteiger partial charge in [-0.15, -0.1) is 0 Å². The van der Waals surface area contributed by atoms with E-state index in [-0.39, 0.29) is 17.5 Å². The van der Waals surface area contributed by atoms with Gasteiger partial charge in [0, 0.05) is 55.7 Å². The van der Waals surface area contributed by atoms with Crippen LogP contribution >= 0.6 is 0 Å². The first-order chi connectivity index (χ1) is 10.5. The SMILES string of the molecule is Cc1[nH]c2ccccc2c1C1CC(=O)C(=CN(C)C)C(=O)C1. The van der Waals surface area contributed by atoms with E-state index in [1.165, 1.54) is 0 Å². The lowest BCUT2D eigenvalue weighted by atomic mass is 9.79. The minimum atomic E-state index is -0.0559. The molecule has 114 valence electrons. The summed E-state index contributed by atoms with van der Waals surface area (Å²) in [6.45, 7) is 2.01. The quantitative estimate of drug-likeness (QED) is 0.685. The highest BCUT2D eigenvalue weighted by Gasteiger charge is 2.33. The van der Waals surface area contributed by atoms with Crippen LogP contribution in [0.25, 0.3) is 10.9 Å². The Bertz CT molecular complexity index is 763. The van der Waals surface area contributed by atoms with Crippen molar-refractivity contribution in [3.05, 3.63) is 47.3 Å². The highest BCUT2D eigenvalue weighted by molar-refractivity contribution is 6.22. The summed E-state index contributed by atoms with van der Waals surface area (Å²) in [5.74, 6) is -0.144. The number of Topliss-reactive ketones (excluding diaryl/α,β-unsaturated/α-hetero) is 2. The van der Waals surface area contributed by atoms with Gasteiger partial charge in [-0.3, -0.25) is 9.59 Å². The van der Waals surface area contributed by atoms with Gasteiger partial charge in [0.25, 0.3) is 0 Å². The van der Waals surface area contributed by atoms with Gasteiger partial charge in [0.1, 0.15) is 0 Å². The van der Waals surface area contributed by atoms with Crippen molar-refractivity contribution in [3.8, 4) is 0 Å². The fourth-order valence-corrected chi connectivity index (χ4v) is 3.33. The van der Waals surface area contributed by atoms with Gasteiger partial charge in [0.05, 0.1) is 5.57 Å². The lowest BCUT2D eigenvalue weighted by Crippen LogP contribution is -2.26. The second kappa shape index (κ2) is 5.44. The van der Waals surface area contributed by atoms with Crippen LogP contribution in [0.2, 0.25) is 0 Å². The highest BCUT2D eigenvalue weighted by atomic mass is 16.1. The second-order valence-corrected chi connectivity index (χ2v) is 6.17. The van der Waals surface area contributed by atoms with Gasteiger partial charge in [-0.1, -0.05) is 18.2 Å². The predicted molar refractivity (Wildman–Crippen MR) is 86.8 cm³/mol. The van der Waals surface area contributed by atoms with Crippen LogP contribution in [0.1, 0.15) is 30.0 Å². The Morgan fingerprint density at radius 3 is 2.41 bits per heavy atom. The van der Waals surface area contributed by atoms with Crippen LogP contribution < -0.4 is 0 Å². The summed E-state index contributed by atoms with van der Waals surface area (Å²) in [7, 11) is 3.65. The molecule has 22 heavy (non-hydrogen) atoms. The van der Waals surface area contributed by atoms with Gasteiger partial charge in [-0.2, -0.15) is 0 Å². The van der Waals surface area contributed by atoms with E-state index >= 15 is 0 Å². The van der Waals surface area contributed by atoms with E-state index in [2.05, 4.69) is 4.98 Å². The number of aromatic nitrogens is 1. The number of aromatic amines is 1. The molecule has 0 bridgehead atoms. The summed E-state index contributed by atoms with van der Waals surface area (Å²) in [5, 5.41) is 1.12. The number of fused-ring (bicyclic) bond motifs is 1. The maximum atomic E-state index is 12.4. The molecule has 0 atom stereocenters. The monoisotopic (exact) mass is 296 g/mol. The van der Waals surface area contributed by atoms with E-state index in [9.17, 15) is 9.59 Å². The summed E-state index contributed by atoms with van der Waals surface area (Å²) in [5.41, 5.74) is 3.55. The van der Waals surface area contributed by atoms with Crippen LogP contribution in [0.15, 0.2) is 36.0 Å². The lowest BCUT2D eigenvalue weighted by molar-refractivity contribution is -0.124. The molecule has 1 aromatic heterocycles. The zero-order valence-electron chi connectivity index (χ0n) is 13.1. The number of nitrogens with zero attached hydrogens (tertiary/aromatic N) is 1. The number of nitrogens with one attached hydrogen (secondary N) is 1. The zero-order chi connectivity index (χ0) is 15.9. The minimum Gasteiger partial charge on any atom is -0.383 e. The molecule has 0 aliphatic heterocycles. The smallest absolute Gasteiger partial charge is 0.168 e. The second-order valence-electron chi connectivity index (χ2n) is 6.17. The van der Waals surface area contributed by atoms with Crippen LogP contribution in [0.5, 0.6) is 0 Å². The summed E-state index contributed by atoms with van der Waals surface area (Å²) in [4.78, 5) is 29.8. The van der Waals surface area contributed by atoms with E-state index in [1.807, 2.05) is 45.3 Å². The molecule has 0 amide bonds. The number of benzene rings is 1. The number of H-pyrrole nitrogens is 1. The van der Waals surface area contributed by atoms with Crippen molar-refractivity contribution >= 4 is 22.5 Å². The number of allylic oxidation sites excluding steroid dienone is 1. The van der Waals surface area contributed by atoms with Gasteiger partial charge in [-0.25, -0.2) is 0 Å². The molecule has 4 nitrogen and oxygen atoms in total. The number of carbonyl (C=O) groups is 2. The topological polar surface area (TPSA) is 53.2 Å². The number of para-hydroxylation sites is 1. The van der Waals surface area contributed by atoms with Gasteiger partial charge in [0.2, 0.25) is 0 Å². The predicted octanol–water partition coefficient (Wildman–Crippen LogP) is 2.94. The molecule has 1 N–H and O–H groups in total. The van der Waals surface area contributed by atoms with E-state index in [1.54, 1.807) is 11.1 Å². The Morgan fingerprint density at radius 1 is 1.14 bits per heavy atom. The number of hydrogen-bond acceptors (Lipinski definition) is 3. The third-order valence-corrected chi connectivity index (χ3v) is 4.20. The zero-order valence-corrected chi connectivity index (χ0v) is 13.1. The molecular weight excluding hydrogens is 276 g/mol. The first-order valence-electron chi connectivity index (χ1n) is 7.49. The number of carbonyl (C=O) groups excluding carboxylic acids is 2. The summed E-state index contributed by atoms with van der Waals surface area (Å²) in [6.07, 6.45) is 2.44. The molecule has 1 heterocycles. The van der Waals surface area contributed by atoms with Crippen LogP contribution in [-0.4, -0.2) is 35.5 Å². The fourth-order valence-electron chi connectivity index (χ4n) is 3.33. The number of hydrogen-bond donors (Lipinski definition) is 1. The molecule has 1 aliphatic carbocycles. The molecule has 1 fully saturated rings. The van der Waals surface area contributed by atoms with Gasteiger partial charge < -0.3 is 9.88 Å². The summed E-state index contributed by atoms with van der Waals surface area (Å²) in [6, 6.07) is 8.05. The number of rotatable bonds is 2. The Morgan fingerprint density at radius 2 is 1.77 bits per heavy atom. The fraction of sp³-hybridized carbons (Fsp3) is 0.333. The van der Waals surface area contributed by atoms with Crippen molar-refractivity contribution in [1.29, 1.82) is 0 Å². The summed E-state index contributed by atoms with van der Waals surface area (Å²) >= 11 is 0. The van der Waals surface area contributed by atoms with Crippen molar-refractivity contribution in [2.75, 3.05) is 14.1 Å². The maximum absolute atomic E-state index is 12.4. The molecular formula is C18H20N2O2. The van der Waals surface area contributed by atoms with Crippen molar-refractivity contribution in [2.24, 2.45) is 0 Å². The number of aryl methyl sites for hydroxylation is 1. The lowest BCUT2D eigenvalue weighted by Gasteiger charge is -2.23. The Balaban J connectivity index is 1.99. The molecule has 1 saturated carbocycles. The molecule has 0 saturated heterocycles. The Labute approximate surface area is 129 Å². The molecule has 0 radical (unpaired) electrons. The average Bonchev–Trinajstić information content (AvgIpc) is 2.78. The molecule has 3 rings (SSSR count). The van der Waals surface area contributed by atoms with Crippen LogP contribution in [0.3, 0.4) is 0 Å². The molecule has 2 aromatic rings. The van der Waals surface area contributed by atoms with E-state index in [0.29, 0.717) is 18.4 Å². The van der Waals surface area contributed by atoms with Crippen LogP contribution in [0.4, 0.5) is 0 Å². The Kier molecular flexibility index (Phi) is 3.61. The molecule has 4 heteroatoms. The molecule has 0 spiro atoms. The number of ketones is 2.